The first kappa shape index (κ1) is 12.6. The Labute approximate surface area is 112 Å². The normalized spacial score (nSPS) is 31.3. The zero-order valence-corrected chi connectivity index (χ0v) is 11.0. The molecule has 7 nitrogen and oxygen atoms in total. The Morgan fingerprint density at radius 2 is 1.79 bits per heavy atom. The van der Waals surface area contributed by atoms with Crippen molar-refractivity contribution in [1.29, 1.82) is 0 Å². The summed E-state index contributed by atoms with van der Waals surface area (Å²) in [5, 5.41) is 0. The predicted molar refractivity (Wildman–Crippen MR) is 72.7 cm³/mol. The minimum atomic E-state index is 0.191. The van der Waals surface area contributed by atoms with Gasteiger partial charge in [0.05, 0.1) is 6.54 Å². The lowest BCUT2D eigenvalue weighted by atomic mass is 9.78. The fourth-order valence-electron chi connectivity index (χ4n) is 3.47. The number of nitrogens with two attached hydrogens (primary N) is 3. The lowest BCUT2D eigenvalue weighted by Crippen LogP contribution is -2.38. The SMILES string of the molecule is Nc1nc(N)nc(CN2CC3CCCC(N)C3C2)n1. The van der Waals surface area contributed by atoms with Crippen molar-refractivity contribution in [2.24, 2.45) is 17.6 Å². The van der Waals surface area contributed by atoms with Crippen LogP contribution in [0.15, 0.2) is 0 Å². The van der Waals surface area contributed by atoms with Crippen molar-refractivity contribution in [3.05, 3.63) is 5.82 Å². The van der Waals surface area contributed by atoms with Crippen LogP contribution in [0.1, 0.15) is 25.1 Å². The molecule has 6 N–H and O–H groups in total. The average molecular weight is 263 g/mol. The Balaban J connectivity index is 1.68. The lowest BCUT2D eigenvalue weighted by molar-refractivity contribution is 0.259. The third-order valence-corrected chi connectivity index (χ3v) is 4.31. The summed E-state index contributed by atoms with van der Waals surface area (Å²) < 4.78 is 0. The summed E-state index contributed by atoms with van der Waals surface area (Å²) >= 11 is 0. The van der Waals surface area contributed by atoms with Gasteiger partial charge in [0.1, 0.15) is 5.82 Å². The number of hydrogen-bond donors (Lipinski definition) is 3. The quantitative estimate of drug-likeness (QED) is 0.663. The Kier molecular flexibility index (Phi) is 3.24. The molecule has 0 aromatic carbocycles. The molecule has 2 aliphatic rings. The molecule has 3 rings (SSSR count). The number of hydrogen-bond acceptors (Lipinski definition) is 7. The van der Waals surface area contributed by atoms with Crippen LogP contribution in [-0.4, -0.2) is 39.0 Å². The maximum Gasteiger partial charge on any atom is 0.225 e. The molecule has 0 bridgehead atoms. The number of nitrogens with zero attached hydrogens (tertiary/aromatic N) is 4. The average Bonchev–Trinajstić information content (AvgIpc) is 2.71. The zero-order chi connectivity index (χ0) is 13.4. The minimum absolute atomic E-state index is 0.191. The largest absolute Gasteiger partial charge is 0.368 e. The van der Waals surface area contributed by atoms with E-state index >= 15 is 0 Å². The van der Waals surface area contributed by atoms with Gasteiger partial charge >= 0.3 is 0 Å². The van der Waals surface area contributed by atoms with E-state index in [1.54, 1.807) is 0 Å². The zero-order valence-electron chi connectivity index (χ0n) is 11.0. The Hall–Kier alpha value is -1.47. The lowest BCUT2D eigenvalue weighted by Gasteiger charge is -2.29. The van der Waals surface area contributed by atoms with E-state index in [-0.39, 0.29) is 11.9 Å². The van der Waals surface area contributed by atoms with Crippen LogP contribution in [-0.2, 0) is 6.54 Å². The molecule has 1 aliphatic heterocycles. The van der Waals surface area contributed by atoms with Crippen molar-refractivity contribution >= 4 is 11.9 Å². The minimum Gasteiger partial charge on any atom is -0.368 e. The van der Waals surface area contributed by atoms with Crippen LogP contribution in [0, 0.1) is 11.8 Å². The molecule has 7 heteroatoms. The molecule has 3 unspecified atom stereocenters. The van der Waals surface area contributed by atoms with Crippen LogP contribution in [0.4, 0.5) is 11.9 Å². The molecule has 1 aliphatic carbocycles. The first-order valence-electron chi connectivity index (χ1n) is 6.85. The topological polar surface area (TPSA) is 120 Å². The van der Waals surface area contributed by atoms with E-state index in [0.29, 0.717) is 24.3 Å². The smallest absolute Gasteiger partial charge is 0.225 e. The highest BCUT2D eigenvalue weighted by Crippen LogP contribution is 2.35. The van der Waals surface area contributed by atoms with E-state index in [0.717, 1.165) is 25.4 Å². The van der Waals surface area contributed by atoms with Crippen LogP contribution in [0.25, 0.3) is 0 Å². The second-order valence-electron chi connectivity index (χ2n) is 5.68. The number of rotatable bonds is 2. The number of likely N-dealkylation sites (tertiary alicyclic amines) is 1. The van der Waals surface area contributed by atoms with Gasteiger partial charge < -0.3 is 17.2 Å². The standard InChI is InChI=1S/C12H21N7/c13-9-3-1-2-7-4-19(5-8(7)9)6-10-16-11(14)18-12(15)17-10/h7-9H,1-6,13H2,(H4,14,15,16,17,18). The van der Waals surface area contributed by atoms with Crippen LogP contribution in [0.3, 0.4) is 0 Å². The van der Waals surface area contributed by atoms with Gasteiger partial charge in [-0.2, -0.15) is 15.0 Å². The second-order valence-corrected chi connectivity index (χ2v) is 5.68. The molecular weight excluding hydrogens is 242 g/mol. The van der Waals surface area contributed by atoms with Gasteiger partial charge in [0.25, 0.3) is 0 Å². The van der Waals surface area contributed by atoms with E-state index in [1.807, 2.05) is 0 Å². The van der Waals surface area contributed by atoms with Crippen LogP contribution in [0.5, 0.6) is 0 Å². The van der Waals surface area contributed by atoms with Gasteiger partial charge in [-0.15, -0.1) is 0 Å². The van der Waals surface area contributed by atoms with Crippen LogP contribution >= 0.6 is 0 Å². The summed E-state index contributed by atoms with van der Waals surface area (Å²) in [4.78, 5) is 14.4. The van der Waals surface area contributed by atoms with E-state index in [4.69, 9.17) is 17.2 Å². The van der Waals surface area contributed by atoms with E-state index in [1.165, 1.54) is 12.8 Å². The molecule has 0 spiro atoms. The Morgan fingerprint density at radius 1 is 1.05 bits per heavy atom. The Morgan fingerprint density at radius 3 is 2.47 bits per heavy atom. The molecular formula is C12H21N7. The van der Waals surface area contributed by atoms with Gasteiger partial charge in [0.2, 0.25) is 11.9 Å². The number of anilines is 2. The summed E-state index contributed by atoms with van der Waals surface area (Å²) in [7, 11) is 0. The predicted octanol–water partition coefficient (Wildman–Crippen LogP) is -0.405. The highest BCUT2D eigenvalue weighted by Gasteiger charge is 2.38. The molecule has 19 heavy (non-hydrogen) atoms. The molecule has 2 heterocycles. The highest BCUT2D eigenvalue weighted by atomic mass is 15.2. The van der Waals surface area contributed by atoms with Crippen molar-refractivity contribution in [3.63, 3.8) is 0 Å². The van der Waals surface area contributed by atoms with E-state index in [9.17, 15) is 0 Å². The summed E-state index contributed by atoms with van der Waals surface area (Å²) in [6.07, 6.45) is 3.69. The first-order chi connectivity index (χ1) is 9.11. The molecule has 104 valence electrons. The number of fused-ring (bicyclic) bond motifs is 1. The van der Waals surface area contributed by atoms with Crippen LogP contribution in [0.2, 0.25) is 0 Å². The van der Waals surface area contributed by atoms with Gasteiger partial charge in [0.15, 0.2) is 0 Å². The van der Waals surface area contributed by atoms with Crippen molar-refractivity contribution in [2.75, 3.05) is 24.6 Å². The monoisotopic (exact) mass is 263 g/mol. The van der Waals surface area contributed by atoms with Gasteiger partial charge in [-0.25, -0.2) is 0 Å². The number of aromatic nitrogens is 3. The van der Waals surface area contributed by atoms with Crippen molar-refractivity contribution in [2.45, 2.75) is 31.8 Å². The summed E-state index contributed by atoms with van der Waals surface area (Å²) in [5.41, 5.74) is 17.4. The molecule has 1 aromatic heterocycles. The maximum absolute atomic E-state index is 6.22. The highest BCUT2D eigenvalue weighted by molar-refractivity contribution is 5.25. The molecule has 1 saturated carbocycles. The second kappa shape index (κ2) is 4.90. The van der Waals surface area contributed by atoms with Gasteiger partial charge in [-0.3, -0.25) is 4.90 Å². The molecule has 3 atom stereocenters. The third-order valence-electron chi connectivity index (χ3n) is 4.31. The molecule has 0 radical (unpaired) electrons. The maximum atomic E-state index is 6.22. The first-order valence-corrected chi connectivity index (χ1v) is 6.85. The van der Waals surface area contributed by atoms with Crippen LogP contribution < -0.4 is 17.2 Å². The molecule has 1 aromatic rings. The van der Waals surface area contributed by atoms with Crippen molar-refractivity contribution in [1.82, 2.24) is 19.9 Å². The summed E-state index contributed by atoms with van der Waals surface area (Å²) in [6, 6.07) is 0.345. The van der Waals surface area contributed by atoms with Crippen molar-refractivity contribution in [3.8, 4) is 0 Å². The molecule has 0 amide bonds. The Bertz CT molecular complexity index is 443. The summed E-state index contributed by atoms with van der Waals surface area (Å²) in [5.74, 6) is 2.37. The van der Waals surface area contributed by atoms with Gasteiger partial charge in [-0.05, 0) is 24.7 Å². The van der Waals surface area contributed by atoms with E-state index < -0.39 is 0 Å². The summed E-state index contributed by atoms with van der Waals surface area (Å²) in [6.45, 7) is 2.78. The van der Waals surface area contributed by atoms with Crippen molar-refractivity contribution < 1.29 is 0 Å². The van der Waals surface area contributed by atoms with Gasteiger partial charge in [-0.1, -0.05) is 6.42 Å². The fraction of sp³-hybridized carbons (Fsp3) is 0.750. The fourth-order valence-corrected chi connectivity index (χ4v) is 3.47. The van der Waals surface area contributed by atoms with Gasteiger partial charge in [0, 0.05) is 19.1 Å². The molecule has 1 saturated heterocycles. The number of nitrogen functional groups attached to an aromatic ring is 2. The molecule has 2 fully saturated rings. The third kappa shape index (κ3) is 2.62. The van der Waals surface area contributed by atoms with E-state index in [2.05, 4.69) is 19.9 Å².